The third-order valence-corrected chi connectivity index (χ3v) is 3.73. The first-order valence-corrected chi connectivity index (χ1v) is 6.61. The maximum atomic E-state index is 14.2. The predicted molar refractivity (Wildman–Crippen MR) is 72.8 cm³/mol. The first-order chi connectivity index (χ1) is 9.99. The number of halogens is 1. The molecule has 1 aromatic carbocycles. The van der Waals surface area contributed by atoms with Gasteiger partial charge in [0.1, 0.15) is 11.5 Å². The van der Waals surface area contributed by atoms with Crippen LogP contribution in [0.2, 0.25) is 0 Å². The predicted octanol–water partition coefficient (Wildman–Crippen LogP) is 2.44. The van der Waals surface area contributed by atoms with Crippen LogP contribution in [-0.2, 0) is 13.5 Å². The van der Waals surface area contributed by atoms with E-state index in [2.05, 4.69) is 5.10 Å². The number of ketones is 1. The van der Waals surface area contributed by atoms with Gasteiger partial charge in [0.2, 0.25) is 0 Å². The summed E-state index contributed by atoms with van der Waals surface area (Å²) in [6.07, 6.45) is 1.94. The van der Waals surface area contributed by atoms with Gasteiger partial charge in [-0.25, -0.2) is 9.18 Å². The summed E-state index contributed by atoms with van der Waals surface area (Å²) in [4.78, 5) is 23.0. The lowest BCUT2D eigenvalue weighted by Gasteiger charge is -2.11. The zero-order valence-corrected chi connectivity index (χ0v) is 11.4. The Morgan fingerprint density at radius 1 is 1.38 bits per heavy atom. The lowest BCUT2D eigenvalue weighted by Crippen LogP contribution is -2.12. The van der Waals surface area contributed by atoms with Gasteiger partial charge in [0.25, 0.3) is 0 Å². The highest BCUT2D eigenvalue weighted by atomic mass is 19.1. The van der Waals surface area contributed by atoms with E-state index in [9.17, 15) is 14.0 Å². The second kappa shape index (κ2) is 4.80. The number of aromatic carboxylic acids is 1. The van der Waals surface area contributed by atoms with Crippen molar-refractivity contribution in [3.8, 4) is 11.3 Å². The molecule has 0 unspecified atom stereocenters. The highest BCUT2D eigenvalue weighted by molar-refractivity contribution is 6.03. The molecule has 6 heteroatoms. The topological polar surface area (TPSA) is 72.2 Å². The quantitative estimate of drug-likeness (QED) is 0.921. The van der Waals surface area contributed by atoms with Crippen LogP contribution in [0, 0.1) is 5.82 Å². The number of hydrogen-bond donors (Lipinski definition) is 1. The molecule has 0 saturated carbocycles. The minimum atomic E-state index is -1.19. The van der Waals surface area contributed by atoms with Gasteiger partial charge in [0, 0.05) is 24.7 Å². The van der Waals surface area contributed by atoms with Crippen LogP contribution in [0.3, 0.4) is 0 Å². The first-order valence-electron chi connectivity index (χ1n) is 6.61. The molecule has 0 amide bonds. The molecule has 0 radical (unpaired) electrons. The van der Waals surface area contributed by atoms with E-state index in [1.165, 1.54) is 12.1 Å². The minimum absolute atomic E-state index is 0.0407. The van der Waals surface area contributed by atoms with Gasteiger partial charge >= 0.3 is 5.97 Å². The average molecular weight is 288 g/mol. The summed E-state index contributed by atoms with van der Waals surface area (Å²) in [5.41, 5.74) is 1.60. The number of carbonyl (C=O) groups excluding carboxylic acids is 1. The maximum Gasteiger partial charge on any atom is 0.335 e. The Balaban J connectivity index is 2.18. The molecule has 1 heterocycles. The van der Waals surface area contributed by atoms with Gasteiger partial charge < -0.3 is 5.11 Å². The van der Waals surface area contributed by atoms with Gasteiger partial charge in [-0.05, 0) is 31.0 Å². The standard InChI is InChI=1S/C15H13FN2O3/c1-18-11-3-2-4-12(19)13(11)14(17-18)9-6-5-8(15(20)21)7-10(9)16/h5-7H,2-4H2,1H3,(H,20,21). The van der Waals surface area contributed by atoms with E-state index in [4.69, 9.17) is 5.11 Å². The molecule has 1 aliphatic carbocycles. The number of aryl methyl sites for hydroxylation is 1. The van der Waals surface area contributed by atoms with E-state index < -0.39 is 11.8 Å². The molecular formula is C15H13FN2O3. The summed E-state index contributed by atoms with van der Waals surface area (Å²) in [6, 6.07) is 3.63. The lowest BCUT2D eigenvalue weighted by atomic mass is 9.92. The Hall–Kier alpha value is -2.50. The number of hydrogen-bond acceptors (Lipinski definition) is 3. The largest absolute Gasteiger partial charge is 0.478 e. The Kier molecular flexibility index (Phi) is 3.08. The summed E-state index contributed by atoms with van der Waals surface area (Å²) >= 11 is 0. The molecule has 0 atom stereocenters. The van der Waals surface area contributed by atoms with E-state index in [1.807, 2.05) is 0 Å². The third kappa shape index (κ3) is 2.12. The van der Waals surface area contributed by atoms with Crippen LogP contribution in [0.25, 0.3) is 11.3 Å². The molecule has 3 rings (SSSR count). The van der Waals surface area contributed by atoms with Crippen LogP contribution in [0.5, 0.6) is 0 Å². The molecule has 1 aliphatic rings. The number of Topliss-reactive ketones (excluding diaryl/α,β-unsaturated/α-hetero) is 1. The number of rotatable bonds is 2. The summed E-state index contributed by atoms with van der Waals surface area (Å²) < 4.78 is 15.8. The summed E-state index contributed by atoms with van der Waals surface area (Å²) in [5.74, 6) is -1.92. The van der Waals surface area contributed by atoms with E-state index in [0.717, 1.165) is 24.6 Å². The van der Waals surface area contributed by atoms with Crippen molar-refractivity contribution >= 4 is 11.8 Å². The van der Waals surface area contributed by atoms with Gasteiger partial charge in [-0.15, -0.1) is 0 Å². The Morgan fingerprint density at radius 2 is 2.14 bits per heavy atom. The van der Waals surface area contributed by atoms with Crippen molar-refractivity contribution < 1.29 is 19.1 Å². The Morgan fingerprint density at radius 3 is 2.81 bits per heavy atom. The normalized spacial score (nSPS) is 14.1. The summed E-state index contributed by atoms with van der Waals surface area (Å²) in [7, 11) is 1.73. The summed E-state index contributed by atoms with van der Waals surface area (Å²) in [6.45, 7) is 0. The molecular weight excluding hydrogens is 275 g/mol. The molecule has 0 bridgehead atoms. The fourth-order valence-electron chi connectivity index (χ4n) is 2.71. The second-order valence-corrected chi connectivity index (χ2v) is 5.07. The summed E-state index contributed by atoms with van der Waals surface area (Å²) in [5, 5.41) is 13.1. The number of carboxylic acids is 1. The first kappa shape index (κ1) is 13.5. The number of benzene rings is 1. The Labute approximate surface area is 120 Å². The van der Waals surface area contributed by atoms with Crippen molar-refractivity contribution in [2.75, 3.05) is 0 Å². The van der Waals surface area contributed by atoms with E-state index in [0.29, 0.717) is 17.7 Å². The third-order valence-electron chi connectivity index (χ3n) is 3.73. The number of carbonyl (C=O) groups is 2. The van der Waals surface area contributed by atoms with Gasteiger partial charge in [-0.1, -0.05) is 0 Å². The average Bonchev–Trinajstić information content (AvgIpc) is 2.77. The maximum absolute atomic E-state index is 14.2. The fraction of sp³-hybridized carbons (Fsp3) is 0.267. The number of fused-ring (bicyclic) bond motifs is 1. The zero-order chi connectivity index (χ0) is 15.1. The molecule has 0 saturated heterocycles. The molecule has 0 aliphatic heterocycles. The highest BCUT2D eigenvalue weighted by Crippen LogP contribution is 2.32. The van der Waals surface area contributed by atoms with Crippen LogP contribution in [0.1, 0.15) is 39.3 Å². The van der Waals surface area contributed by atoms with Crippen LogP contribution < -0.4 is 0 Å². The number of nitrogens with zero attached hydrogens (tertiary/aromatic N) is 2. The van der Waals surface area contributed by atoms with Crippen molar-refractivity contribution in [3.63, 3.8) is 0 Å². The Bertz CT molecular complexity index is 765. The SMILES string of the molecule is Cn1nc(-c2ccc(C(=O)O)cc2F)c2c1CCCC2=O. The van der Waals surface area contributed by atoms with Gasteiger partial charge in [0.05, 0.1) is 11.1 Å². The molecule has 2 aromatic rings. The van der Waals surface area contributed by atoms with Crippen LogP contribution >= 0.6 is 0 Å². The van der Waals surface area contributed by atoms with Gasteiger partial charge in [-0.2, -0.15) is 5.10 Å². The fourth-order valence-corrected chi connectivity index (χ4v) is 2.71. The van der Waals surface area contributed by atoms with Crippen molar-refractivity contribution in [2.45, 2.75) is 19.3 Å². The van der Waals surface area contributed by atoms with Crippen LogP contribution in [-0.4, -0.2) is 26.6 Å². The van der Waals surface area contributed by atoms with Gasteiger partial charge in [-0.3, -0.25) is 9.48 Å². The van der Waals surface area contributed by atoms with E-state index in [1.54, 1.807) is 11.7 Å². The van der Waals surface area contributed by atoms with E-state index >= 15 is 0 Å². The smallest absolute Gasteiger partial charge is 0.335 e. The number of carboxylic acid groups (broad SMARTS) is 1. The monoisotopic (exact) mass is 288 g/mol. The lowest BCUT2D eigenvalue weighted by molar-refractivity contribution is 0.0696. The second-order valence-electron chi connectivity index (χ2n) is 5.07. The molecule has 1 N–H and O–H groups in total. The number of aromatic nitrogens is 2. The van der Waals surface area contributed by atoms with Crippen molar-refractivity contribution in [1.82, 2.24) is 9.78 Å². The van der Waals surface area contributed by atoms with Crippen LogP contribution in [0.4, 0.5) is 4.39 Å². The molecule has 21 heavy (non-hydrogen) atoms. The van der Waals surface area contributed by atoms with Crippen LogP contribution in [0.15, 0.2) is 18.2 Å². The highest BCUT2D eigenvalue weighted by Gasteiger charge is 2.28. The minimum Gasteiger partial charge on any atom is -0.478 e. The van der Waals surface area contributed by atoms with E-state index in [-0.39, 0.29) is 16.9 Å². The molecule has 108 valence electrons. The zero-order valence-electron chi connectivity index (χ0n) is 11.4. The molecule has 5 nitrogen and oxygen atoms in total. The molecule has 0 fully saturated rings. The van der Waals surface area contributed by atoms with Crippen molar-refractivity contribution in [3.05, 3.63) is 40.8 Å². The van der Waals surface area contributed by atoms with Crippen molar-refractivity contribution in [2.24, 2.45) is 7.05 Å². The molecule has 1 aromatic heterocycles. The van der Waals surface area contributed by atoms with Crippen molar-refractivity contribution in [1.29, 1.82) is 0 Å². The van der Waals surface area contributed by atoms with Gasteiger partial charge in [0.15, 0.2) is 5.78 Å². The molecule has 0 spiro atoms.